The Hall–Kier alpha value is -6.56. The van der Waals surface area contributed by atoms with Crippen LogP contribution in [0.3, 0.4) is 0 Å². The van der Waals surface area contributed by atoms with E-state index in [9.17, 15) is 1.37 Å². The molecular weight excluding hydrogens is 902 g/mol. The summed E-state index contributed by atoms with van der Waals surface area (Å²) in [4.78, 5) is 7.51. The van der Waals surface area contributed by atoms with E-state index in [0.29, 0.717) is 6.04 Å². The lowest BCUT2D eigenvalue weighted by atomic mass is 9.33. The molecule has 0 fully saturated rings. The van der Waals surface area contributed by atoms with E-state index in [-0.39, 0.29) is 33.8 Å². The van der Waals surface area contributed by atoms with Crippen LogP contribution in [-0.4, -0.2) is 6.71 Å². The fourth-order valence-corrected chi connectivity index (χ4v) is 12.5. The second kappa shape index (κ2) is 17.0. The van der Waals surface area contributed by atoms with Gasteiger partial charge in [0.25, 0.3) is 6.71 Å². The second-order valence-electron chi connectivity index (χ2n) is 25.9. The molecule has 0 unspecified atom stereocenters. The lowest BCUT2D eigenvalue weighted by Crippen LogP contribution is -2.61. The van der Waals surface area contributed by atoms with Gasteiger partial charge in [-0.15, -0.1) is 11.3 Å². The topological polar surface area (TPSA) is 9.72 Å². The van der Waals surface area contributed by atoms with Gasteiger partial charge in [0.2, 0.25) is 0 Å². The largest absolute Gasteiger partial charge is 0.311 e. The lowest BCUT2D eigenvalue weighted by molar-refractivity contribution is 0.590. The molecule has 0 bridgehead atoms. The molecule has 3 heterocycles. The van der Waals surface area contributed by atoms with Crippen molar-refractivity contribution in [2.24, 2.45) is 0 Å². The first-order valence-corrected chi connectivity index (χ1v) is 27.2. The Kier molecular flexibility index (Phi) is 11.0. The highest BCUT2D eigenvalue weighted by Crippen LogP contribution is 2.53. The molecule has 11 rings (SSSR count). The zero-order chi connectivity index (χ0) is 52.6. The van der Waals surface area contributed by atoms with E-state index >= 15 is 0 Å². The van der Waals surface area contributed by atoms with Crippen LogP contribution in [0.15, 0.2) is 164 Å². The molecule has 0 saturated heterocycles. The Morgan fingerprint density at radius 1 is 0.438 bits per heavy atom. The molecule has 0 spiro atoms. The van der Waals surface area contributed by atoms with Crippen LogP contribution in [0.25, 0.3) is 20.2 Å². The summed E-state index contributed by atoms with van der Waals surface area (Å²) in [6.45, 7) is 34.3. The van der Waals surface area contributed by atoms with Crippen LogP contribution in [0.5, 0.6) is 0 Å². The molecule has 73 heavy (non-hydrogen) atoms. The summed E-state index contributed by atoms with van der Waals surface area (Å²) in [6, 6.07) is 60.6. The van der Waals surface area contributed by atoms with Crippen molar-refractivity contribution in [1.29, 1.82) is 0 Å². The van der Waals surface area contributed by atoms with E-state index in [4.69, 9.17) is 0 Å². The molecule has 0 aliphatic carbocycles. The number of hydrogen-bond donors (Lipinski definition) is 0. The van der Waals surface area contributed by atoms with Crippen molar-refractivity contribution < 1.29 is 1.37 Å². The molecule has 9 aromatic rings. The third-order valence-corrected chi connectivity index (χ3v) is 16.8. The van der Waals surface area contributed by atoms with Crippen molar-refractivity contribution in [3.8, 4) is 0 Å². The Labute approximate surface area is 442 Å². The molecule has 3 nitrogen and oxygen atoms in total. The van der Waals surface area contributed by atoms with E-state index in [0.717, 1.165) is 45.5 Å². The minimum atomic E-state index is -0.162. The smallest absolute Gasteiger partial charge is 0.252 e. The predicted molar refractivity (Wildman–Crippen MR) is 322 cm³/mol. The Balaban J connectivity index is 1.29. The van der Waals surface area contributed by atoms with Gasteiger partial charge in [-0.25, -0.2) is 0 Å². The first-order chi connectivity index (χ1) is 34.8. The first-order valence-electron chi connectivity index (χ1n) is 26.9. The summed E-state index contributed by atoms with van der Waals surface area (Å²) in [7, 11) is 0. The van der Waals surface area contributed by atoms with Crippen LogP contribution >= 0.6 is 11.3 Å². The fraction of sp³-hybridized carbons (Fsp3) is 0.294. The Morgan fingerprint density at radius 2 is 0.877 bits per heavy atom. The quantitative estimate of drug-likeness (QED) is 0.159. The van der Waals surface area contributed by atoms with Gasteiger partial charge in [-0.1, -0.05) is 189 Å². The number of anilines is 9. The Bertz CT molecular complexity index is 3570. The van der Waals surface area contributed by atoms with Crippen LogP contribution in [0.4, 0.5) is 51.2 Å². The molecule has 1 aromatic heterocycles. The maximum absolute atomic E-state index is 9.77. The molecule has 0 radical (unpaired) electrons. The summed E-state index contributed by atoms with van der Waals surface area (Å²) in [5, 5.41) is 2.46. The molecule has 368 valence electrons. The van der Waals surface area contributed by atoms with Gasteiger partial charge in [0, 0.05) is 55.3 Å². The molecular formula is C68H72BN3S. The molecule has 0 amide bonds. The number of benzene rings is 8. The van der Waals surface area contributed by atoms with Gasteiger partial charge in [0.1, 0.15) is 0 Å². The number of hydrogen-bond acceptors (Lipinski definition) is 4. The maximum Gasteiger partial charge on any atom is 0.252 e. The van der Waals surface area contributed by atoms with E-state index < -0.39 is 0 Å². The van der Waals surface area contributed by atoms with Gasteiger partial charge in [0.15, 0.2) is 0 Å². The van der Waals surface area contributed by atoms with Crippen LogP contribution in [-0.2, 0) is 27.1 Å². The van der Waals surface area contributed by atoms with Crippen LogP contribution in [0, 0.1) is 0 Å². The highest BCUT2D eigenvalue weighted by Gasteiger charge is 2.45. The average molecular weight is 975 g/mol. The summed E-state index contributed by atoms with van der Waals surface area (Å²) < 4.78 is 12.3. The lowest BCUT2D eigenvalue weighted by Gasteiger charge is -2.45. The zero-order valence-corrected chi connectivity index (χ0v) is 46.7. The van der Waals surface area contributed by atoms with Crippen LogP contribution in [0.2, 0.25) is 0 Å². The van der Waals surface area contributed by atoms with Crippen molar-refractivity contribution in [3.05, 3.63) is 192 Å². The van der Waals surface area contributed by atoms with Crippen molar-refractivity contribution in [2.75, 3.05) is 14.7 Å². The number of rotatable bonds is 5. The highest BCUT2D eigenvalue weighted by molar-refractivity contribution is 7.27. The number of fused-ring (bicyclic) bond motifs is 8. The monoisotopic (exact) mass is 975 g/mol. The van der Waals surface area contributed by atoms with Gasteiger partial charge in [-0.05, 0) is 150 Å². The molecule has 0 N–H and O–H groups in total. The third-order valence-electron chi connectivity index (χ3n) is 15.6. The molecule has 2 aliphatic rings. The SMILES string of the molecule is [2H]c1cc2c3c(c1)N(c1ccc(C(C)(C)C)cc1)c1c(cc(N(c4ccc(C(C)(C)C)cc4)c4ccc(C(C)(C)C)cc4)c4c1sc1ccccc14)B3c1cc(C(C)(C)C)ccc1N2c1ccc(C(C)(C)C)cc1. The Morgan fingerprint density at radius 3 is 1.37 bits per heavy atom. The van der Waals surface area contributed by atoms with Crippen molar-refractivity contribution in [3.63, 3.8) is 0 Å². The minimum absolute atomic E-state index is 0.00170. The van der Waals surface area contributed by atoms with Crippen molar-refractivity contribution >= 4 is 106 Å². The molecule has 8 aromatic carbocycles. The van der Waals surface area contributed by atoms with Gasteiger partial charge < -0.3 is 14.7 Å². The second-order valence-corrected chi connectivity index (χ2v) is 27.0. The first kappa shape index (κ1) is 47.4. The predicted octanol–water partition coefficient (Wildman–Crippen LogP) is 18.1. The van der Waals surface area contributed by atoms with E-state index in [1.165, 1.54) is 70.1 Å². The van der Waals surface area contributed by atoms with Crippen LogP contribution in [0.1, 0.15) is 133 Å². The average Bonchev–Trinajstić information content (AvgIpc) is 3.78. The highest BCUT2D eigenvalue weighted by atomic mass is 32.1. The standard InChI is InChI=1S/C68H72BN3S/c1-64(2,3)43-23-32-48(33-24-43)70(49-34-25-44(26-35-49)65(4,5)6)58-42-54-62(63-60(58)52-19-16-17-22-59(52)73-63)72(51-38-29-46(30-39-51)67(10,11)12)57-21-18-20-56-61(57)69(54)53-41-47(68(13,14)15)31-40-55(53)71(56)50-36-27-45(28-37-50)66(7,8)9/h16-42H,1-15H3/i18D. The summed E-state index contributed by atoms with van der Waals surface area (Å²) >= 11 is 1.89. The molecule has 2 aliphatic heterocycles. The van der Waals surface area contributed by atoms with Gasteiger partial charge in [0.05, 0.1) is 17.4 Å². The molecule has 0 saturated carbocycles. The zero-order valence-electron chi connectivity index (χ0n) is 46.8. The third kappa shape index (κ3) is 8.37. The van der Waals surface area contributed by atoms with E-state index in [2.05, 4.69) is 276 Å². The fourth-order valence-electron chi connectivity index (χ4n) is 11.3. The molecule has 5 heteroatoms. The minimum Gasteiger partial charge on any atom is -0.311 e. The normalized spacial score (nSPS) is 14.1. The van der Waals surface area contributed by atoms with Crippen LogP contribution < -0.4 is 31.1 Å². The van der Waals surface area contributed by atoms with Gasteiger partial charge in [-0.2, -0.15) is 0 Å². The van der Waals surface area contributed by atoms with Crippen molar-refractivity contribution in [1.82, 2.24) is 0 Å². The maximum atomic E-state index is 9.77. The number of thiophene rings is 1. The van der Waals surface area contributed by atoms with Gasteiger partial charge in [-0.3, -0.25) is 0 Å². The van der Waals surface area contributed by atoms with Crippen molar-refractivity contribution in [2.45, 2.75) is 131 Å². The van der Waals surface area contributed by atoms with E-state index in [1.807, 2.05) is 11.3 Å². The number of nitrogens with zero attached hydrogens (tertiary/aromatic N) is 3. The summed E-state index contributed by atoms with van der Waals surface area (Å²) in [6.07, 6.45) is 0. The summed E-state index contributed by atoms with van der Waals surface area (Å²) in [5.74, 6) is 0. The molecule has 0 atom stereocenters. The van der Waals surface area contributed by atoms with E-state index in [1.54, 1.807) is 0 Å². The summed E-state index contributed by atoms with van der Waals surface area (Å²) in [5.41, 5.74) is 20.1. The van der Waals surface area contributed by atoms with Gasteiger partial charge >= 0.3 is 0 Å².